The summed E-state index contributed by atoms with van der Waals surface area (Å²) in [6.07, 6.45) is 28.0. The van der Waals surface area contributed by atoms with Crippen LogP contribution >= 0.6 is 0 Å². The number of allylic oxidation sites excluding steroid dienone is 8. The minimum Gasteiger partial charge on any atom is -0.0882 e. The summed E-state index contributed by atoms with van der Waals surface area (Å²) < 4.78 is 0. The Morgan fingerprint density at radius 2 is 0.412 bits per heavy atom. The molecule has 0 unspecified atom stereocenters. The summed E-state index contributed by atoms with van der Waals surface area (Å²) >= 11 is 0. The van der Waals surface area contributed by atoms with Crippen LogP contribution in [0.3, 0.4) is 0 Å². The van der Waals surface area contributed by atoms with Gasteiger partial charge >= 0.3 is 0 Å². The van der Waals surface area contributed by atoms with E-state index < -0.39 is 0 Å². The zero-order valence-corrected chi connectivity index (χ0v) is 13.0. The summed E-state index contributed by atoms with van der Waals surface area (Å²) in [5, 5.41) is 0. The maximum absolute atomic E-state index is 2.27. The van der Waals surface area contributed by atoms with E-state index in [2.05, 4.69) is 48.6 Å². The summed E-state index contributed by atoms with van der Waals surface area (Å²) in [6.45, 7) is 0. The molecule has 2 aliphatic rings. The molecule has 0 fully saturated rings. The van der Waals surface area contributed by atoms with Gasteiger partial charge in [-0.1, -0.05) is 48.6 Å². The topological polar surface area (TPSA) is 0 Å². The Bertz CT molecular complexity index is 179. The third-order valence-corrected chi connectivity index (χ3v) is 2.67. The Balaban J connectivity index is 0.000000284. The molecule has 0 amide bonds. The zero-order valence-electron chi connectivity index (χ0n) is 10.6. The summed E-state index contributed by atoms with van der Waals surface area (Å²) in [6, 6.07) is 0. The van der Waals surface area contributed by atoms with Crippen LogP contribution in [-0.4, -0.2) is 0 Å². The molecule has 1 heteroatoms. The fourth-order valence-electron chi connectivity index (χ4n) is 1.71. The normalized spacial score (nSPS) is 26.4. The van der Waals surface area contributed by atoms with Crippen molar-refractivity contribution in [1.82, 2.24) is 0 Å². The SMILES string of the molecule is C1=C\CC/C=C\CC/1.C1=C\CC/C=C\CC/1.[Ir]. The van der Waals surface area contributed by atoms with Crippen molar-refractivity contribution >= 4 is 0 Å². The van der Waals surface area contributed by atoms with Crippen LogP contribution < -0.4 is 0 Å². The predicted octanol–water partition coefficient (Wildman–Crippen LogP) is 5.34. The number of rotatable bonds is 0. The molecule has 0 aromatic carbocycles. The largest absolute Gasteiger partial charge is 0.0882 e. The molecule has 0 aromatic rings. The second-order valence-corrected chi connectivity index (χ2v) is 4.20. The standard InChI is InChI=1S/2C8H12.Ir/c2*1-2-4-6-8-7-5-3-1;/h2*1-2,7-8H,3-6H2;/b2*2-1-,8-7-;. The van der Waals surface area contributed by atoms with E-state index >= 15 is 0 Å². The smallest absolute Gasteiger partial charge is 0 e. The van der Waals surface area contributed by atoms with E-state index in [4.69, 9.17) is 0 Å². The third kappa shape index (κ3) is 11.9. The number of hydrogen-bond donors (Lipinski definition) is 0. The average Bonchev–Trinajstić information content (AvgIpc) is 2.15. The molecule has 0 atom stereocenters. The first kappa shape index (κ1) is 16.6. The van der Waals surface area contributed by atoms with E-state index in [0.717, 1.165) is 0 Å². The molecular formula is C16H24Ir. The molecule has 0 saturated carbocycles. The summed E-state index contributed by atoms with van der Waals surface area (Å²) in [5.74, 6) is 0. The molecule has 0 spiro atoms. The Hall–Kier alpha value is -0.391. The molecule has 0 heterocycles. The molecule has 0 aromatic heterocycles. The van der Waals surface area contributed by atoms with Gasteiger partial charge < -0.3 is 0 Å². The Kier molecular flexibility index (Phi) is 13.4. The Morgan fingerprint density at radius 1 is 0.294 bits per heavy atom. The van der Waals surface area contributed by atoms with Crippen molar-refractivity contribution in [3.05, 3.63) is 48.6 Å². The fraction of sp³-hybridized carbons (Fsp3) is 0.500. The van der Waals surface area contributed by atoms with E-state index in [1.165, 1.54) is 51.4 Å². The van der Waals surface area contributed by atoms with Crippen molar-refractivity contribution in [2.75, 3.05) is 0 Å². The minimum absolute atomic E-state index is 0. The van der Waals surface area contributed by atoms with Gasteiger partial charge in [0.25, 0.3) is 0 Å². The van der Waals surface area contributed by atoms with Gasteiger partial charge in [-0.2, -0.15) is 0 Å². The van der Waals surface area contributed by atoms with Crippen LogP contribution in [0.25, 0.3) is 0 Å². The first-order valence-electron chi connectivity index (χ1n) is 6.60. The minimum atomic E-state index is 0. The molecule has 0 aliphatic heterocycles. The van der Waals surface area contributed by atoms with Gasteiger partial charge in [-0.25, -0.2) is 0 Å². The molecule has 1 radical (unpaired) electrons. The van der Waals surface area contributed by atoms with Gasteiger partial charge in [-0.3, -0.25) is 0 Å². The van der Waals surface area contributed by atoms with Gasteiger partial charge in [-0.05, 0) is 51.4 Å². The second-order valence-electron chi connectivity index (χ2n) is 4.20. The van der Waals surface area contributed by atoms with Crippen molar-refractivity contribution in [1.29, 1.82) is 0 Å². The van der Waals surface area contributed by atoms with E-state index in [1.54, 1.807) is 0 Å². The van der Waals surface area contributed by atoms with Gasteiger partial charge in [0.1, 0.15) is 0 Å². The maximum Gasteiger partial charge on any atom is 0 e. The van der Waals surface area contributed by atoms with Crippen LogP contribution in [0.4, 0.5) is 0 Å². The fourth-order valence-corrected chi connectivity index (χ4v) is 1.71. The van der Waals surface area contributed by atoms with Gasteiger partial charge in [0.2, 0.25) is 0 Å². The quantitative estimate of drug-likeness (QED) is 0.475. The molecule has 2 rings (SSSR count). The zero-order chi connectivity index (χ0) is 11.3. The molecule has 2 aliphatic carbocycles. The van der Waals surface area contributed by atoms with Crippen molar-refractivity contribution in [2.45, 2.75) is 51.4 Å². The Morgan fingerprint density at radius 3 is 0.529 bits per heavy atom. The van der Waals surface area contributed by atoms with Crippen LogP contribution in [0.1, 0.15) is 51.4 Å². The molecular weight excluding hydrogens is 384 g/mol. The molecule has 17 heavy (non-hydrogen) atoms. The van der Waals surface area contributed by atoms with Crippen LogP contribution in [0.15, 0.2) is 48.6 Å². The van der Waals surface area contributed by atoms with Crippen LogP contribution in [0.5, 0.6) is 0 Å². The van der Waals surface area contributed by atoms with Crippen LogP contribution in [-0.2, 0) is 20.1 Å². The third-order valence-electron chi connectivity index (χ3n) is 2.67. The van der Waals surface area contributed by atoms with Crippen molar-refractivity contribution in [2.24, 2.45) is 0 Å². The molecule has 0 saturated heterocycles. The average molecular weight is 409 g/mol. The second kappa shape index (κ2) is 13.7. The van der Waals surface area contributed by atoms with Crippen LogP contribution in [0, 0.1) is 0 Å². The molecule has 0 nitrogen and oxygen atoms in total. The van der Waals surface area contributed by atoms with Crippen molar-refractivity contribution < 1.29 is 20.1 Å². The summed E-state index contributed by atoms with van der Waals surface area (Å²) in [4.78, 5) is 0. The first-order valence-corrected chi connectivity index (χ1v) is 6.60. The molecule has 0 N–H and O–H groups in total. The van der Waals surface area contributed by atoms with E-state index in [9.17, 15) is 0 Å². The first-order chi connectivity index (χ1) is 8.00. The number of hydrogen-bond acceptors (Lipinski definition) is 0. The maximum atomic E-state index is 2.27. The van der Waals surface area contributed by atoms with Gasteiger partial charge in [0, 0.05) is 20.1 Å². The van der Waals surface area contributed by atoms with Gasteiger partial charge in [0.05, 0.1) is 0 Å². The van der Waals surface area contributed by atoms with Crippen molar-refractivity contribution in [3.8, 4) is 0 Å². The van der Waals surface area contributed by atoms with E-state index in [-0.39, 0.29) is 20.1 Å². The molecule has 0 bridgehead atoms. The van der Waals surface area contributed by atoms with E-state index in [0.29, 0.717) is 0 Å². The molecule has 97 valence electrons. The van der Waals surface area contributed by atoms with Gasteiger partial charge in [0.15, 0.2) is 0 Å². The van der Waals surface area contributed by atoms with E-state index in [1.807, 2.05) is 0 Å². The predicted molar refractivity (Wildman–Crippen MR) is 73.5 cm³/mol. The van der Waals surface area contributed by atoms with Crippen molar-refractivity contribution in [3.63, 3.8) is 0 Å². The van der Waals surface area contributed by atoms with Gasteiger partial charge in [-0.15, -0.1) is 0 Å². The van der Waals surface area contributed by atoms with Crippen LogP contribution in [0.2, 0.25) is 0 Å². The monoisotopic (exact) mass is 409 g/mol. The summed E-state index contributed by atoms with van der Waals surface area (Å²) in [5.41, 5.74) is 0. The Labute approximate surface area is 120 Å². The summed E-state index contributed by atoms with van der Waals surface area (Å²) in [7, 11) is 0.